The first-order chi connectivity index (χ1) is 6.33. The molecule has 0 radical (unpaired) electrons. The van der Waals surface area contributed by atoms with Crippen molar-refractivity contribution in [3.8, 4) is 0 Å². The van der Waals surface area contributed by atoms with Crippen LogP contribution in [0, 0.1) is 0 Å². The third-order valence-corrected chi connectivity index (χ3v) is 2.03. The van der Waals surface area contributed by atoms with E-state index in [-0.39, 0.29) is 0 Å². The smallest absolute Gasteiger partial charge is 0.136 e. The van der Waals surface area contributed by atoms with E-state index in [9.17, 15) is 0 Å². The molecule has 0 unspecified atom stereocenters. The van der Waals surface area contributed by atoms with Crippen LogP contribution in [-0.2, 0) is 0 Å². The van der Waals surface area contributed by atoms with E-state index in [0.29, 0.717) is 21.3 Å². The minimum absolute atomic E-state index is 0.293. The second kappa shape index (κ2) is 3.11. The van der Waals surface area contributed by atoms with Crippen LogP contribution in [0.1, 0.15) is 0 Å². The number of nitrogens with zero attached hydrogens (tertiary/aromatic N) is 1. The summed E-state index contributed by atoms with van der Waals surface area (Å²) in [6.07, 6.45) is 1.35. The standard InChI is InChI=1S/C9H6ClNO2/c10-7-5-13-8-4-2-1-3-6(8)9(7)11-12/h1-5,12H. The van der Waals surface area contributed by atoms with Crippen LogP contribution in [0.25, 0.3) is 11.0 Å². The van der Waals surface area contributed by atoms with Crippen molar-refractivity contribution in [2.75, 3.05) is 0 Å². The molecule has 0 saturated carbocycles. The topological polar surface area (TPSA) is 45.7 Å². The van der Waals surface area contributed by atoms with Gasteiger partial charge in [0.2, 0.25) is 0 Å². The molecule has 66 valence electrons. The van der Waals surface area contributed by atoms with Gasteiger partial charge in [-0.05, 0) is 12.1 Å². The molecule has 0 aliphatic carbocycles. The van der Waals surface area contributed by atoms with Crippen molar-refractivity contribution in [3.05, 3.63) is 40.9 Å². The van der Waals surface area contributed by atoms with Gasteiger partial charge in [-0.1, -0.05) is 28.9 Å². The molecular weight excluding hydrogens is 190 g/mol. The highest BCUT2D eigenvalue weighted by molar-refractivity contribution is 6.30. The number of hydrogen-bond donors (Lipinski definition) is 1. The van der Waals surface area contributed by atoms with Gasteiger partial charge in [-0.25, -0.2) is 0 Å². The van der Waals surface area contributed by atoms with Crippen LogP contribution in [0.2, 0.25) is 5.02 Å². The van der Waals surface area contributed by atoms with Crippen LogP contribution in [-0.4, -0.2) is 5.21 Å². The van der Waals surface area contributed by atoms with E-state index in [0.717, 1.165) is 0 Å². The third-order valence-electron chi connectivity index (χ3n) is 1.76. The van der Waals surface area contributed by atoms with Gasteiger partial charge >= 0.3 is 0 Å². The molecule has 2 aromatic rings. The van der Waals surface area contributed by atoms with Crippen molar-refractivity contribution in [1.82, 2.24) is 0 Å². The Labute approximate surface area is 78.9 Å². The van der Waals surface area contributed by atoms with Crippen LogP contribution in [0.5, 0.6) is 0 Å². The summed E-state index contributed by atoms with van der Waals surface area (Å²) in [5.74, 6) is 0. The number of halogens is 1. The molecule has 0 atom stereocenters. The maximum Gasteiger partial charge on any atom is 0.136 e. The van der Waals surface area contributed by atoms with Gasteiger partial charge in [-0.3, -0.25) is 0 Å². The summed E-state index contributed by atoms with van der Waals surface area (Å²) in [4.78, 5) is 0. The van der Waals surface area contributed by atoms with Gasteiger partial charge in [0.15, 0.2) is 0 Å². The Hall–Kier alpha value is -1.48. The Balaban J connectivity index is 3.01. The average molecular weight is 196 g/mol. The van der Waals surface area contributed by atoms with E-state index in [4.69, 9.17) is 21.2 Å². The second-order valence-electron chi connectivity index (χ2n) is 2.53. The molecule has 4 heteroatoms. The maximum atomic E-state index is 8.72. The molecule has 0 aliphatic heterocycles. The normalized spacial score (nSPS) is 12.2. The summed E-state index contributed by atoms with van der Waals surface area (Å²) in [5, 5.41) is 13.1. The molecule has 2 rings (SSSR count). The van der Waals surface area contributed by atoms with Crippen LogP contribution < -0.4 is 5.36 Å². The summed E-state index contributed by atoms with van der Waals surface area (Å²) >= 11 is 5.76. The Bertz CT molecular complexity index is 504. The summed E-state index contributed by atoms with van der Waals surface area (Å²) in [5.41, 5.74) is 0.639. The molecule has 0 aliphatic rings. The lowest BCUT2D eigenvalue weighted by Gasteiger charge is -1.96. The fraction of sp³-hybridized carbons (Fsp3) is 0. The number of rotatable bonds is 0. The van der Waals surface area contributed by atoms with E-state index in [2.05, 4.69) is 5.16 Å². The number of para-hydroxylation sites is 1. The van der Waals surface area contributed by atoms with Crippen molar-refractivity contribution < 1.29 is 9.62 Å². The first-order valence-electron chi connectivity index (χ1n) is 3.67. The molecule has 0 saturated heterocycles. The summed E-state index contributed by atoms with van der Waals surface area (Å²) < 4.78 is 5.18. The largest absolute Gasteiger partial charge is 0.463 e. The monoisotopic (exact) mass is 195 g/mol. The molecular formula is C9H6ClNO2. The van der Waals surface area contributed by atoms with Crippen molar-refractivity contribution in [2.45, 2.75) is 0 Å². The number of fused-ring (bicyclic) bond motifs is 1. The van der Waals surface area contributed by atoms with Crippen LogP contribution in [0.15, 0.2) is 40.1 Å². The predicted octanol–water partition coefficient (Wildman–Crippen LogP) is 2.38. The molecule has 1 heterocycles. The highest BCUT2D eigenvalue weighted by Gasteiger charge is 2.01. The Kier molecular flexibility index (Phi) is 1.94. The lowest BCUT2D eigenvalue weighted by molar-refractivity contribution is 0.302. The van der Waals surface area contributed by atoms with Gasteiger partial charge in [0.05, 0.1) is 0 Å². The first-order valence-corrected chi connectivity index (χ1v) is 4.05. The highest BCUT2D eigenvalue weighted by Crippen LogP contribution is 2.12. The lowest BCUT2D eigenvalue weighted by atomic mass is 10.2. The van der Waals surface area contributed by atoms with Gasteiger partial charge in [-0.15, -0.1) is 0 Å². The van der Waals surface area contributed by atoms with Crippen LogP contribution in [0.3, 0.4) is 0 Å². The van der Waals surface area contributed by atoms with E-state index in [1.54, 1.807) is 12.1 Å². The summed E-state index contributed by atoms with van der Waals surface area (Å²) in [6, 6.07) is 7.21. The quantitative estimate of drug-likeness (QED) is 0.518. The molecule has 1 aromatic carbocycles. The number of benzene rings is 1. The lowest BCUT2D eigenvalue weighted by Crippen LogP contribution is -2.03. The van der Waals surface area contributed by atoms with Gasteiger partial charge in [0, 0.05) is 5.39 Å². The molecule has 0 fully saturated rings. The summed E-state index contributed by atoms with van der Waals surface area (Å²) in [6.45, 7) is 0. The molecule has 0 bridgehead atoms. The van der Waals surface area contributed by atoms with Crippen LogP contribution >= 0.6 is 11.6 Å². The van der Waals surface area contributed by atoms with Gasteiger partial charge in [-0.2, -0.15) is 0 Å². The van der Waals surface area contributed by atoms with Crippen molar-refractivity contribution >= 4 is 22.6 Å². The van der Waals surface area contributed by atoms with Gasteiger partial charge < -0.3 is 9.62 Å². The first kappa shape index (κ1) is 8.13. The Morgan fingerprint density at radius 2 is 2.08 bits per heavy atom. The fourth-order valence-corrected chi connectivity index (χ4v) is 1.35. The van der Waals surface area contributed by atoms with Crippen molar-refractivity contribution in [3.63, 3.8) is 0 Å². The summed E-state index contributed by atoms with van der Waals surface area (Å²) in [7, 11) is 0. The van der Waals surface area contributed by atoms with Crippen molar-refractivity contribution in [1.29, 1.82) is 0 Å². The van der Waals surface area contributed by atoms with E-state index >= 15 is 0 Å². The van der Waals surface area contributed by atoms with Gasteiger partial charge in [0.1, 0.15) is 22.2 Å². The van der Waals surface area contributed by atoms with E-state index in [1.807, 2.05) is 12.1 Å². The fourth-order valence-electron chi connectivity index (χ4n) is 1.17. The van der Waals surface area contributed by atoms with Crippen LogP contribution in [0.4, 0.5) is 0 Å². The zero-order valence-electron chi connectivity index (χ0n) is 6.57. The van der Waals surface area contributed by atoms with E-state index in [1.165, 1.54) is 6.26 Å². The van der Waals surface area contributed by atoms with E-state index < -0.39 is 0 Å². The minimum atomic E-state index is 0.293. The highest BCUT2D eigenvalue weighted by atomic mass is 35.5. The third kappa shape index (κ3) is 1.27. The molecule has 1 aromatic heterocycles. The molecule has 0 spiro atoms. The second-order valence-corrected chi connectivity index (χ2v) is 2.94. The van der Waals surface area contributed by atoms with Gasteiger partial charge in [0.25, 0.3) is 0 Å². The van der Waals surface area contributed by atoms with Crippen molar-refractivity contribution in [2.24, 2.45) is 5.16 Å². The Morgan fingerprint density at radius 1 is 1.31 bits per heavy atom. The molecule has 3 nitrogen and oxygen atoms in total. The number of hydrogen-bond acceptors (Lipinski definition) is 3. The SMILES string of the molecule is ON=c1c(Cl)coc2ccccc12. The Morgan fingerprint density at radius 3 is 2.85 bits per heavy atom. The average Bonchev–Trinajstić information content (AvgIpc) is 2.18. The molecule has 13 heavy (non-hydrogen) atoms. The zero-order chi connectivity index (χ0) is 9.26. The zero-order valence-corrected chi connectivity index (χ0v) is 7.32. The molecule has 0 amide bonds. The predicted molar refractivity (Wildman–Crippen MR) is 48.6 cm³/mol. The minimum Gasteiger partial charge on any atom is -0.463 e. The molecule has 1 N–H and O–H groups in total. The maximum absolute atomic E-state index is 8.72.